The van der Waals surface area contributed by atoms with Gasteiger partial charge < -0.3 is 9.47 Å². The summed E-state index contributed by atoms with van der Waals surface area (Å²) in [4.78, 5) is 23.9. The maximum absolute atomic E-state index is 12.1. The van der Waals surface area contributed by atoms with Crippen LogP contribution in [-0.2, 0) is 19.1 Å². The van der Waals surface area contributed by atoms with E-state index in [4.69, 9.17) is 9.47 Å². The highest BCUT2D eigenvalue weighted by Crippen LogP contribution is 2.39. The van der Waals surface area contributed by atoms with Crippen molar-refractivity contribution in [1.29, 1.82) is 0 Å². The molecule has 0 saturated heterocycles. The summed E-state index contributed by atoms with van der Waals surface area (Å²) in [6, 6.07) is 0. The fraction of sp³-hybridized carbons (Fsp3) is 0.882. The van der Waals surface area contributed by atoms with Gasteiger partial charge in [-0.05, 0) is 31.6 Å². The molecule has 0 aliphatic heterocycles. The number of hydrogen-bond acceptors (Lipinski definition) is 4. The summed E-state index contributed by atoms with van der Waals surface area (Å²) in [6.45, 7) is 5.17. The van der Waals surface area contributed by atoms with Gasteiger partial charge in [-0.3, -0.25) is 9.59 Å². The normalized spacial score (nSPS) is 15.5. The zero-order valence-electron chi connectivity index (χ0n) is 13.6. The number of ether oxygens (including phenoxy) is 2. The molecule has 0 spiro atoms. The van der Waals surface area contributed by atoms with Gasteiger partial charge in [-0.25, -0.2) is 0 Å². The third kappa shape index (κ3) is 8.08. The molecule has 1 fully saturated rings. The predicted octanol–water partition coefficient (Wildman–Crippen LogP) is 3.87. The van der Waals surface area contributed by atoms with Crippen LogP contribution in [0.2, 0.25) is 0 Å². The molecule has 0 aromatic carbocycles. The van der Waals surface area contributed by atoms with Crippen molar-refractivity contribution in [1.82, 2.24) is 0 Å². The van der Waals surface area contributed by atoms with Gasteiger partial charge in [0.05, 0.1) is 25.6 Å². The van der Waals surface area contributed by atoms with E-state index < -0.39 is 0 Å². The van der Waals surface area contributed by atoms with Crippen LogP contribution in [-0.4, -0.2) is 25.2 Å². The molecule has 1 aliphatic rings. The lowest BCUT2D eigenvalue weighted by atomic mass is 10.00. The summed E-state index contributed by atoms with van der Waals surface area (Å²) in [5.41, 5.74) is 0. The van der Waals surface area contributed by atoms with Gasteiger partial charge >= 0.3 is 11.9 Å². The van der Waals surface area contributed by atoms with Gasteiger partial charge in [0.2, 0.25) is 0 Å². The van der Waals surface area contributed by atoms with E-state index in [-0.39, 0.29) is 24.3 Å². The minimum Gasteiger partial charge on any atom is -0.466 e. The first-order chi connectivity index (χ1) is 10.2. The minimum atomic E-state index is -0.287. The van der Waals surface area contributed by atoms with Crippen LogP contribution in [0.3, 0.4) is 0 Å². The third-order valence-corrected chi connectivity index (χ3v) is 3.88. The number of carbonyl (C=O) groups is 2. The SMILES string of the molecule is CCCCCOC(=O)CC(C(=O)OCCCCC)C1CC1. The highest BCUT2D eigenvalue weighted by Gasteiger charge is 2.38. The zero-order valence-corrected chi connectivity index (χ0v) is 13.6. The molecule has 0 aromatic rings. The number of hydrogen-bond donors (Lipinski definition) is 0. The third-order valence-electron chi connectivity index (χ3n) is 3.88. The standard InChI is InChI=1S/C17H30O4/c1-3-5-7-11-20-16(18)13-15(14-9-10-14)17(19)21-12-8-6-4-2/h14-15H,3-13H2,1-2H3. The lowest BCUT2D eigenvalue weighted by Gasteiger charge is -2.15. The summed E-state index contributed by atoms with van der Waals surface area (Å²) in [6.07, 6.45) is 8.39. The van der Waals surface area contributed by atoms with Crippen LogP contribution in [0.5, 0.6) is 0 Å². The number of esters is 2. The predicted molar refractivity (Wildman–Crippen MR) is 81.8 cm³/mol. The molecule has 1 rings (SSSR count). The topological polar surface area (TPSA) is 52.6 Å². The Balaban J connectivity index is 2.25. The molecule has 0 N–H and O–H groups in total. The molecule has 122 valence electrons. The quantitative estimate of drug-likeness (QED) is 0.405. The van der Waals surface area contributed by atoms with Gasteiger partial charge in [0, 0.05) is 0 Å². The molecule has 1 saturated carbocycles. The number of rotatable bonds is 12. The van der Waals surface area contributed by atoms with E-state index in [1.807, 2.05) is 0 Å². The lowest BCUT2D eigenvalue weighted by Crippen LogP contribution is -2.24. The van der Waals surface area contributed by atoms with Crippen molar-refractivity contribution < 1.29 is 19.1 Å². The molecular formula is C17H30O4. The maximum Gasteiger partial charge on any atom is 0.309 e. The van der Waals surface area contributed by atoms with Gasteiger partial charge in [-0.15, -0.1) is 0 Å². The van der Waals surface area contributed by atoms with E-state index in [0.29, 0.717) is 19.1 Å². The monoisotopic (exact) mass is 298 g/mol. The van der Waals surface area contributed by atoms with E-state index in [1.54, 1.807) is 0 Å². The van der Waals surface area contributed by atoms with Crippen LogP contribution in [0.25, 0.3) is 0 Å². The van der Waals surface area contributed by atoms with Crippen molar-refractivity contribution in [2.75, 3.05) is 13.2 Å². The Labute approximate surface area is 128 Å². The van der Waals surface area contributed by atoms with Crippen LogP contribution in [0.15, 0.2) is 0 Å². The van der Waals surface area contributed by atoms with Crippen molar-refractivity contribution in [2.24, 2.45) is 11.8 Å². The molecule has 4 nitrogen and oxygen atoms in total. The molecule has 0 radical (unpaired) electrons. The van der Waals surface area contributed by atoms with Gasteiger partial charge in [0.1, 0.15) is 0 Å². The molecule has 0 aromatic heterocycles. The second-order valence-corrected chi connectivity index (χ2v) is 5.95. The van der Waals surface area contributed by atoms with E-state index in [9.17, 15) is 9.59 Å². The summed E-state index contributed by atoms with van der Waals surface area (Å²) in [5, 5.41) is 0. The van der Waals surface area contributed by atoms with Gasteiger partial charge in [-0.1, -0.05) is 39.5 Å². The van der Waals surface area contributed by atoms with Crippen molar-refractivity contribution in [3.8, 4) is 0 Å². The van der Waals surface area contributed by atoms with Crippen molar-refractivity contribution in [2.45, 2.75) is 71.6 Å². The second kappa shape index (κ2) is 10.6. The Morgan fingerprint density at radius 3 is 2.05 bits per heavy atom. The number of carbonyl (C=O) groups excluding carboxylic acids is 2. The van der Waals surface area contributed by atoms with Gasteiger partial charge in [0.15, 0.2) is 0 Å². The fourth-order valence-corrected chi connectivity index (χ4v) is 2.35. The first kappa shape index (κ1) is 18.0. The Bertz CT molecular complexity index is 310. The van der Waals surface area contributed by atoms with E-state index in [2.05, 4.69) is 13.8 Å². The maximum atomic E-state index is 12.1. The second-order valence-electron chi connectivity index (χ2n) is 5.95. The van der Waals surface area contributed by atoms with Crippen molar-refractivity contribution in [3.05, 3.63) is 0 Å². The summed E-state index contributed by atoms with van der Waals surface area (Å²) >= 11 is 0. The van der Waals surface area contributed by atoms with E-state index >= 15 is 0 Å². The highest BCUT2D eigenvalue weighted by molar-refractivity contribution is 5.80. The van der Waals surface area contributed by atoms with E-state index in [1.165, 1.54) is 0 Å². The fourth-order valence-electron chi connectivity index (χ4n) is 2.35. The molecule has 1 atom stereocenters. The molecule has 0 bridgehead atoms. The van der Waals surface area contributed by atoms with Crippen LogP contribution in [0.4, 0.5) is 0 Å². The van der Waals surface area contributed by atoms with Crippen molar-refractivity contribution in [3.63, 3.8) is 0 Å². The molecule has 1 unspecified atom stereocenters. The summed E-state index contributed by atoms with van der Waals surface area (Å²) in [5.74, 6) is -0.426. The van der Waals surface area contributed by atoms with Crippen LogP contribution in [0, 0.1) is 11.8 Å². The molecule has 1 aliphatic carbocycles. The first-order valence-electron chi connectivity index (χ1n) is 8.51. The Morgan fingerprint density at radius 1 is 0.952 bits per heavy atom. The summed E-state index contributed by atoms with van der Waals surface area (Å²) in [7, 11) is 0. The zero-order chi connectivity index (χ0) is 15.5. The highest BCUT2D eigenvalue weighted by atomic mass is 16.5. The average molecular weight is 298 g/mol. The molecule has 0 heterocycles. The summed E-state index contributed by atoms with van der Waals surface area (Å²) < 4.78 is 10.5. The molecule has 21 heavy (non-hydrogen) atoms. The molecule has 4 heteroatoms. The lowest BCUT2D eigenvalue weighted by molar-refractivity contribution is -0.156. The van der Waals surface area contributed by atoms with Gasteiger partial charge in [0.25, 0.3) is 0 Å². The van der Waals surface area contributed by atoms with E-state index in [0.717, 1.165) is 51.4 Å². The van der Waals surface area contributed by atoms with Crippen LogP contribution < -0.4 is 0 Å². The number of unbranched alkanes of at least 4 members (excludes halogenated alkanes) is 4. The first-order valence-corrected chi connectivity index (χ1v) is 8.51. The largest absolute Gasteiger partial charge is 0.466 e. The van der Waals surface area contributed by atoms with Crippen LogP contribution >= 0.6 is 0 Å². The van der Waals surface area contributed by atoms with Gasteiger partial charge in [-0.2, -0.15) is 0 Å². The average Bonchev–Trinajstić information content (AvgIpc) is 3.30. The Morgan fingerprint density at radius 2 is 1.52 bits per heavy atom. The minimum absolute atomic E-state index is 0.184. The molecular weight excluding hydrogens is 268 g/mol. The van der Waals surface area contributed by atoms with Crippen molar-refractivity contribution >= 4 is 11.9 Å². The molecule has 0 amide bonds. The van der Waals surface area contributed by atoms with Crippen LogP contribution in [0.1, 0.15) is 71.6 Å². The Hall–Kier alpha value is -1.06. The Kier molecular flexibility index (Phi) is 9.11. The smallest absolute Gasteiger partial charge is 0.309 e.